The van der Waals surface area contributed by atoms with Crippen LogP contribution in [0.5, 0.6) is 0 Å². The maximum absolute atomic E-state index is 6.51. The van der Waals surface area contributed by atoms with Gasteiger partial charge < -0.3 is 0 Å². The molecule has 1 nitrogen and oxygen atoms in total. The van der Waals surface area contributed by atoms with Crippen LogP contribution in [0.15, 0.2) is 36.7 Å². The number of rotatable bonds is 3. The van der Waals surface area contributed by atoms with Crippen LogP contribution in [0.2, 0.25) is 5.02 Å². The molecule has 0 aliphatic heterocycles. The molecule has 0 fully saturated rings. The Labute approximate surface area is 118 Å². The van der Waals surface area contributed by atoms with E-state index < -0.39 is 0 Å². The van der Waals surface area contributed by atoms with Crippen LogP contribution in [-0.4, -0.2) is 4.98 Å². The molecule has 0 spiro atoms. The summed E-state index contributed by atoms with van der Waals surface area (Å²) in [7, 11) is 0. The topological polar surface area (TPSA) is 12.9 Å². The van der Waals surface area contributed by atoms with E-state index in [4.69, 9.17) is 23.2 Å². The Hall–Kier alpha value is -1.05. The average molecular weight is 280 g/mol. The zero-order chi connectivity index (χ0) is 13.1. The number of halogens is 2. The summed E-state index contributed by atoms with van der Waals surface area (Å²) in [5.74, 6) is 0. The van der Waals surface area contributed by atoms with Crippen molar-refractivity contribution in [3.63, 3.8) is 0 Å². The molecular formula is C15H15Cl2N. The van der Waals surface area contributed by atoms with Crippen LogP contribution in [0, 0.1) is 13.8 Å². The number of benzene rings is 1. The van der Waals surface area contributed by atoms with E-state index in [1.807, 2.05) is 6.07 Å². The molecule has 1 heterocycles. The van der Waals surface area contributed by atoms with Crippen LogP contribution in [0.4, 0.5) is 0 Å². The fourth-order valence-corrected chi connectivity index (χ4v) is 2.57. The van der Waals surface area contributed by atoms with Crippen molar-refractivity contribution in [1.29, 1.82) is 0 Å². The summed E-state index contributed by atoms with van der Waals surface area (Å²) in [6.07, 6.45) is 4.12. The second-order valence-corrected chi connectivity index (χ2v) is 5.43. The maximum atomic E-state index is 6.51. The van der Waals surface area contributed by atoms with Crippen molar-refractivity contribution < 1.29 is 0 Å². The van der Waals surface area contributed by atoms with Gasteiger partial charge in [-0.3, -0.25) is 4.98 Å². The minimum Gasteiger partial charge on any atom is -0.263 e. The molecule has 2 rings (SSSR count). The summed E-state index contributed by atoms with van der Waals surface area (Å²) in [5.41, 5.74) is 4.64. The summed E-state index contributed by atoms with van der Waals surface area (Å²) < 4.78 is 0. The summed E-state index contributed by atoms with van der Waals surface area (Å²) in [6, 6.07) is 8.26. The summed E-state index contributed by atoms with van der Waals surface area (Å²) in [4.78, 5) is 3.98. The largest absolute Gasteiger partial charge is 0.263 e. The summed E-state index contributed by atoms with van der Waals surface area (Å²) >= 11 is 12.6. The molecule has 1 aromatic carbocycles. The second-order valence-electron chi connectivity index (χ2n) is 4.50. The Kier molecular flexibility index (Phi) is 4.26. The molecule has 0 N–H and O–H groups in total. The van der Waals surface area contributed by atoms with E-state index in [-0.39, 0.29) is 5.38 Å². The number of alkyl halides is 1. The number of pyridine rings is 1. The SMILES string of the molecule is Cc1ccc(C)c(C(Cl)Cc2ccncc2Cl)c1. The lowest BCUT2D eigenvalue weighted by molar-refractivity contribution is 0.905. The Morgan fingerprint density at radius 1 is 1.22 bits per heavy atom. The fourth-order valence-electron chi connectivity index (χ4n) is 1.97. The van der Waals surface area contributed by atoms with E-state index in [1.54, 1.807) is 12.4 Å². The number of aryl methyl sites for hydroxylation is 2. The molecule has 0 bridgehead atoms. The Balaban J connectivity index is 2.25. The maximum Gasteiger partial charge on any atom is 0.0628 e. The standard InChI is InChI=1S/C15H15Cl2N/c1-10-3-4-11(2)13(7-10)14(16)8-12-5-6-18-9-15(12)17/h3-7,9,14H,8H2,1-2H3. The second kappa shape index (κ2) is 5.73. The quantitative estimate of drug-likeness (QED) is 0.730. The van der Waals surface area contributed by atoms with Gasteiger partial charge in [-0.15, -0.1) is 11.6 Å². The number of aromatic nitrogens is 1. The van der Waals surface area contributed by atoms with E-state index in [1.165, 1.54) is 16.7 Å². The van der Waals surface area contributed by atoms with Gasteiger partial charge in [0.15, 0.2) is 0 Å². The van der Waals surface area contributed by atoms with Gasteiger partial charge in [0.1, 0.15) is 0 Å². The Morgan fingerprint density at radius 2 is 2.00 bits per heavy atom. The average Bonchev–Trinajstić information content (AvgIpc) is 2.35. The molecule has 1 aromatic heterocycles. The lowest BCUT2D eigenvalue weighted by Crippen LogP contribution is -2.00. The van der Waals surface area contributed by atoms with Gasteiger partial charge in [0.05, 0.1) is 10.4 Å². The molecule has 0 amide bonds. The van der Waals surface area contributed by atoms with Crippen LogP contribution in [-0.2, 0) is 6.42 Å². The third-order valence-electron chi connectivity index (χ3n) is 3.03. The first-order valence-electron chi connectivity index (χ1n) is 5.87. The van der Waals surface area contributed by atoms with Crippen molar-refractivity contribution >= 4 is 23.2 Å². The van der Waals surface area contributed by atoms with Crippen molar-refractivity contribution in [3.8, 4) is 0 Å². The van der Waals surface area contributed by atoms with Gasteiger partial charge in [-0.1, -0.05) is 35.4 Å². The highest BCUT2D eigenvalue weighted by atomic mass is 35.5. The van der Waals surface area contributed by atoms with E-state index in [0.717, 1.165) is 5.56 Å². The fraction of sp³-hybridized carbons (Fsp3) is 0.267. The van der Waals surface area contributed by atoms with Crippen molar-refractivity contribution in [3.05, 3.63) is 63.9 Å². The highest BCUT2D eigenvalue weighted by molar-refractivity contribution is 6.31. The Morgan fingerprint density at radius 3 is 2.72 bits per heavy atom. The van der Waals surface area contributed by atoms with Gasteiger partial charge in [0.25, 0.3) is 0 Å². The lowest BCUT2D eigenvalue weighted by atomic mass is 9.98. The van der Waals surface area contributed by atoms with Gasteiger partial charge >= 0.3 is 0 Å². The third-order valence-corrected chi connectivity index (χ3v) is 3.76. The smallest absolute Gasteiger partial charge is 0.0628 e. The number of hydrogen-bond acceptors (Lipinski definition) is 1. The van der Waals surface area contributed by atoms with E-state index in [2.05, 4.69) is 37.0 Å². The zero-order valence-corrected chi connectivity index (χ0v) is 12.0. The van der Waals surface area contributed by atoms with Crippen LogP contribution < -0.4 is 0 Å². The minimum atomic E-state index is -0.0650. The molecule has 0 radical (unpaired) electrons. The van der Waals surface area contributed by atoms with E-state index in [9.17, 15) is 0 Å². The van der Waals surface area contributed by atoms with Gasteiger partial charge in [-0.2, -0.15) is 0 Å². The molecule has 1 unspecified atom stereocenters. The molecule has 2 aromatic rings. The predicted molar refractivity (Wildman–Crippen MR) is 77.5 cm³/mol. The first kappa shape index (κ1) is 13.4. The van der Waals surface area contributed by atoms with Crippen molar-refractivity contribution in [2.45, 2.75) is 25.6 Å². The lowest BCUT2D eigenvalue weighted by Gasteiger charge is -2.14. The molecule has 0 saturated carbocycles. The van der Waals surface area contributed by atoms with Crippen LogP contribution in [0.25, 0.3) is 0 Å². The molecule has 18 heavy (non-hydrogen) atoms. The van der Waals surface area contributed by atoms with E-state index in [0.29, 0.717) is 11.4 Å². The molecule has 1 atom stereocenters. The minimum absolute atomic E-state index is 0.0650. The first-order valence-corrected chi connectivity index (χ1v) is 6.69. The first-order chi connectivity index (χ1) is 8.58. The molecule has 0 aliphatic carbocycles. The van der Waals surface area contributed by atoms with Crippen LogP contribution >= 0.6 is 23.2 Å². The van der Waals surface area contributed by atoms with Gasteiger partial charge in [-0.25, -0.2) is 0 Å². The van der Waals surface area contributed by atoms with Crippen LogP contribution in [0.3, 0.4) is 0 Å². The summed E-state index contributed by atoms with van der Waals surface area (Å²) in [5, 5.41) is 0.609. The predicted octanol–water partition coefficient (Wildman–Crippen LogP) is 4.87. The highest BCUT2D eigenvalue weighted by Crippen LogP contribution is 2.30. The van der Waals surface area contributed by atoms with Gasteiger partial charge in [0, 0.05) is 12.4 Å². The number of nitrogens with zero attached hydrogens (tertiary/aromatic N) is 1. The molecule has 0 saturated heterocycles. The van der Waals surface area contributed by atoms with E-state index >= 15 is 0 Å². The third kappa shape index (κ3) is 3.04. The van der Waals surface area contributed by atoms with Crippen LogP contribution in [0.1, 0.15) is 27.6 Å². The highest BCUT2D eigenvalue weighted by Gasteiger charge is 2.13. The van der Waals surface area contributed by atoms with Gasteiger partial charge in [0.2, 0.25) is 0 Å². The molecule has 3 heteroatoms. The van der Waals surface area contributed by atoms with Crippen molar-refractivity contribution in [2.24, 2.45) is 0 Å². The normalized spacial score (nSPS) is 12.4. The van der Waals surface area contributed by atoms with Crippen molar-refractivity contribution in [1.82, 2.24) is 4.98 Å². The Bertz CT molecular complexity index is 552. The summed E-state index contributed by atoms with van der Waals surface area (Å²) in [6.45, 7) is 4.16. The molecule has 0 aliphatic rings. The monoisotopic (exact) mass is 279 g/mol. The number of hydrogen-bond donors (Lipinski definition) is 0. The molecular weight excluding hydrogens is 265 g/mol. The molecule has 94 valence electrons. The van der Waals surface area contributed by atoms with Gasteiger partial charge in [-0.05, 0) is 43.0 Å². The van der Waals surface area contributed by atoms with Crippen molar-refractivity contribution in [2.75, 3.05) is 0 Å². The zero-order valence-electron chi connectivity index (χ0n) is 10.5.